The number of nitrogens with one attached hydrogen (secondary N) is 1. The first kappa shape index (κ1) is 16.4. The first-order valence-corrected chi connectivity index (χ1v) is 8.33. The zero-order valence-corrected chi connectivity index (χ0v) is 14.3. The number of unbranched alkanes of at least 4 members (excludes halogenated alkanes) is 1. The average Bonchev–Trinajstić information content (AvgIpc) is 2.36. The Kier molecular flexibility index (Phi) is 4.98. The summed E-state index contributed by atoms with van der Waals surface area (Å²) >= 11 is 0. The molecule has 1 aromatic carbocycles. The van der Waals surface area contributed by atoms with Gasteiger partial charge in [-0.05, 0) is 70.6 Å². The first-order valence-electron chi connectivity index (χ1n) is 8.33. The van der Waals surface area contributed by atoms with Crippen molar-refractivity contribution in [1.29, 1.82) is 0 Å². The van der Waals surface area contributed by atoms with Crippen LogP contribution in [0.2, 0.25) is 0 Å². The van der Waals surface area contributed by atoms with Gasteiger partial charge in [0.1, 0.15) is 5.75 Å². The van der Waals surface area contributed by atoms with E-state index in [2.05, 4.69) is 64.2 Å². The molecule has 2 heteroatoms. The minimum atomic E-state index is 0.197. The fraction of sp³-hybridized carbons (Fsp3) is 0.684. The monoisotopic (exact) mass is 289 g/mol. The topological polar surface area (TPSA) is 21.3 Å². The molecule has 118 valence electrons. The molecule has 1 aliphatic rings. The van der Waals surface area contributed by atoms with Crippen molar-refractivity contribution in [2.45, 2.75) is 77.3 Å². The Bertz CT molecular complexity index is 431. The minimum Gasteiger partial charge on any atom is -0.494 e. The largest absolute Gasteiger partial charge is 0.494 e. The highest BCUT2D eigenvalue weighted by Gasteiger charge is 2.37. The van der Waals surface area contributed by atoms with Gasteiger partial charge in [0.15, 0.2) is 0 Å². The zero-order valence-electron chi connectivity index (χ0n) is 14.3. The maximum atomic E-state index is 5.76. The third kappa shape index (κ3) is 4.74. The second-order valence-corrected chi connectivity index (χ2v) is 7.77. The lowest BCUT2D eigenvalue weighted by Gasteiger charge is -2.46. The lowest BCUT2D eigenvalue weighted by Crippen LogP contribution is -2.57. The van der Waals surface area contributed by atoms with Crippen LogP contribution in [0.25, 0.3) is 0 Å². The van der Waals surface area contributed by atoms with Gasteiger partial charge in [-0.3, -0.25) is 0 Å². The molecule has 0 saturated carbocycles. The highest BCUT2D eigenvalue weighted by atomic mass is 16.5. The minimum absolute atomic E-state index is 0.197. The normalized spacial score (nSPS) is 21.2. The Labute approximate surface area is 130 Å². The SMILES string of the molecule is CCCCOc1ccc(C2CC(C)(C)NC(C)(C)C2)cc1. The maximum Gasteiger partial charge on any atom is 0.119 e. The number of piperidine rings is 1. The van der Waals surface area contributed by atoms with Crippen molar-refractivity contribution in [2.24, 2.45) is 0 Å². The van der Waals surface area contributed by atoms with Gasteiger partial charge in [-0.1, -0.05) is 25.5 Å². The number of rotatable bonds is 5. The van der Waals surface area contributed by atoms with Crippen LogP contribution in [-0.2, 0) is 0 Å². The van der Waals surface area contributed by atoms with Crippen LogP contribution in [-0.4, -0.2) is 17.7 Å². The number of hydrogen-bond acceptors (Lipinski definition) is 2. The predicted octanol–water partition coefficient (Wildman–Crippen LogP) is 4.89. The fourth-order valence-electron chi connectivity index (χ4n) is 3.73. The van der Waals surface area contributed by atoms with Crippen molar-refractivity contribution in [3.8, 4) is 5.75 Å². The van der Waals surface area contributed by atoms with Crippen molar-refractivity contribution < 1.29 is 4.74 Å². The molecule has 0 bridgehead atoms. The second kappa shape index (κ2) is 6.39. The summed E-state index contributed by atoms with van der Waals surface area (Å²) in [7, 11) is 0. The van der Waals surface area contributed by atoms with Crippen LogP contribution in [0.3, 0.4) is 0 Å². The third-order valence-corrected chi connectivity index (χ3v) is 4.31. The second-order valence-electron chi connectivity index (χ2n) is 7.77. The molecule has 0 unspecified atom stereocenters. The number of ether oxygens (including phenoxy) is 1. The smallest absolute Gasteiger partial charge is 0.119 e. The average molecular weight is 289 g/mol. The van der Waals surface area contributed by atoms with Crippen LogP contribution in [0.5, 0.6) is 5.75 Å². The van der Waals surface area contributed by atoms with E-state index in [9.17, 15) is 0 Å². The van der Waals surface area contributed by atoms with Gasteiger partial charge in [0.2, 0.25) is 0 Å². The summed E-state index contributed by atoms with van der Waals surface area (Å²) < 4.78 is 5.76. The van der Waals surface area contributed by atoms with Crippen molar-refractivity contribution in [2.75, 3.05) is 6.61 Å². The van der Waals surface area contributed by atoms with Crippen LogP contribution in [0.15, 0.2) is 24.3 Å². The summed E-state index contributed by atoms with van der Waals surface area (Å²) in [5.41, 5.74) is 1.84. The summed E-state index contributed by atoms with van der Waals surface area (Å²) in [6.07, 6.45) is 4.68. The Balaban J connectivity index is 2.04. The van der Waals surface area contributed by atoms with E-state index in [0.717, 1.165) is 18.8 Å². The van der Waals surface area contributed by atoms with Gasteiger partial charge in [-0.2, -0.15) is 0 Å². The van der Waals surface area contributed by atoms with E-state index in [-0.39, 0.29) is 11.1 Å². The maximum absolute atomic E-state index is 5.76. The highest BCUT2D eigenvalue weighted by Crippen LogP contribution is 2.39. The standard InChI is InChI=1S/C19H31NO/c1-6-7-12-21-17-10-8-15(9-11-17)16-13-18(2,3)20-19(4,5)14-16/h8-11,16,20H,6-7,12-14H2,1-5H3. The molecule has 1 aliphatic heterocycles. The van der Waals surface area contributed by atoms with E-state index in [0.29, 0.717) is 5.92 Å². The van der Waals surface area contributed by atoms with E-state index < -0.39 is 0 Å². The summed E-state index contributed by atoms with van der Waals surface area (Å²) in [6, 6.07) is 8.77. The molecule has 0 spiro atoms. The van der Waals surface area contributed by atoms with Crippen LogP contribution < -0.4 is 10.1 Å². The fourth-order valence-corrected chi connectivity index (χ4v) is 3.73. The molecule has 1 fully saturated rings. The quantitative estimate of drug-likeness (QED) is 0.779. The molecule has 0 atom stereocenters. The third-order valence-electron chi connectivity index (χ3n) is 4.31. The molecular formula is C19H31NO. The molecule has 0 radical (unpaired) electrons. The van der Waals surface area contributed by atoms with Crippen molar-refractivity contribution in [1.82, 2.24) is 5.32 Å². The molecule has 1 aromatic rings. The Morgan fingerprint density at radius 3 is 2.14 bits per heavy atom. The summed E-state index contributed by atoms with van der Waals surface area (Å²) in [6.45, 7) is 12.2. The Morgan fingerprint density at radius 1 is 1.05 bits per heavy atom. The lowest BCUT2D eigenvalue weighted by atomic mass is 9.73. The van der Waals surface area contributed by atoms with E-state index >= 15 is 0 Å². The molecule has 1 saturated heterocycles. The molecule has 0 aliphatic carbocycles. The van der Waals surface area contributed by atoms with E-state index in [4.69, 9.17) is 4.74 Å². The predicted molar refractivity (Wildman–Crippen MR) is 90.1 cm³/mol. The van der Waals surface area contributed by atoms with Gasteiger partial charge in [0.25, 0.3) is 0 Å². The van der Waals surface area contributed by atoms with Gasteiger partial charge >= 0.3 is 0 Å². The van der Waals surface area contributed by atoms with Gasteiger partial charge in [-0.25, -0.2) is 0 Å². The Hall–Kier alpha value is -1.02. The van der Waals surface area contributed by atoms with E-state index in [1.165, 1.54) is 24.8 Å². The molecule has 21 heavy (non-hydrogen) atoms. The van der Waals surface area contributed by atoms with Crippen LogP contribution in [0.4, 0.5) is 0 Å². The van der Waals surface area contributed by atoms with Crippen molar-refractivity contribution in [3.05, 3.63) is 29.8 Å². The van der Waals surface area contributed by atoms with Crippen molar-refractivity contribution in [3.63, 3.8) is 0 Å². The van der Waals surface area contributed by atoms with Crippen LogP contribution >= 0.6 is 0 Å². The van der Waals surface area contributed by atoms with E-state index in [1.54, 1.807) is 0 Å². The highest BCUT2D eigenvalue weighted by molar-refractivity contribution is 5.30. The molecule has 0 amide bonds. The van der Waals surface area contributed by atoms with Gasteiger partial charge in [-0.15, -0.1) is 0 Å². The first-order chi connectivity index (χ1) is 9.81. The number of benzene rings is 1. The summed E-state index contributed by atoms with van der Waals surface area (Å²) in [4.78, 5) is 0. The molecule has 0 aromatic heterocycles. The van der Waals surface area contributed by atoms with E-state index in [1.807, 2.05) is 0 Å². The van der Waals surface area contributed by atoms with Crippen LogP contribution in [0.1, 0.15) is 71.8 Å². The molecule has 1 heterocycles. The molecule has 2 nitrogen and oxygen atoms in total. The molecule has 2 rings (SSSR count). The summed E-state index contributed by atoms with van der Waals surface area (Å²) in [5, 5.41) is 3.75. The van der Waals surface area contributed by atoms with Crippen molar-refractivity contribution >= 4 is 0 Å². The molecular weight excluding hydrogens is 258 g/mol. The summed E-state index contributed by atoms with van der Waals surface area (Å²) in [5.74, 6) is 1.63. The zero-order chi connectivity index (χ0) is 15.5. The van der Waals surface area contributed by atoms with Gasteiger partial charge in [0.05, 0.1) is 6.61 Å². The van der Waals surface area contributed by atoms with Gasteiger partial charge < -0.3 is 10.1 Å². The lowest BCUT2D eigenvalue weighted by molar-refractivity contribution is 0.162. The van der Waals surface area contributed by atoms with Gasteiger partial charge in [0, 0.05) is 11.1 Å². The number of hydrogen-bond donors (Lipinski definition) is 1. The van der Waals surface area contributed by atoms with Crippen LogP contribution in [0, 0.1) is 0 Å². The Morgan fingerprint density at radius 2 is 1.62 bits per heavy atom. The molecule has 1 N–H and O–H groups in total.